The molecule has 0 unspecified atom stereocenters. The van der Waals surface area contributed by atoms with Gasteiger partial charge in [-0.15, -0.1) is 0 Å². The Labute approximate surface area is 177 Å². The third-order valence-corrected chi connectivity index (χ3v) is 6.02. The van der Waals surface area contributed by atoms with E-state index in [4.69, 9.17) is 4.98 Å². The number of carbonyl (C=O) groups excluding carboxylic acids is 1. The molecule has 156 valence electrons. The van der Waals surface area contributed by atoms with Crippen molar-refractivity contribution in [3.05, 3.63) is 75.8 Å². The Balaban J connectivity index is 1.67. The molecule has 1 saturated carbocycles. The Hall–Kier alpha value is -2.95. The molecule has 1 aromatic heterocycles. The van der Waals surface area contributed by atoms with Crippen LogP contribution in [0.4, 0.5) is 0 Å². The number of rotatable bonds is 6. The topological polar surface area (TPSA) is 64.0 Å². The summed E-state index contributed by atoms with van der Waals surface area (Å²) in [4.78, 5) is 31.0. The molecule has 1 aliphatic rings. The van der Waals surface area contributed by atoms with Crippen molar-refractivity contribution in [1.29, 1.82) is 0 Å². The number of nitrogens with one attached hydrogen (secondary N) is 1. The second-order valence-electron chi connectivity index (χ2n) is 8.20. The number of benzene rings is 2. The first kappa shape index (κ1) is 20.3. The zero-order chi connectivity index (χ0) is 20.9. The van der Waals surface area contributed by atoms with Crippen LogP contribution in [0.2, 0.25) is 0 Å². The van der Waals surface area contributed by atoms with Gasteiger partial charge in [-0.05, 0) is 55.5 Å². The van der Waals surface area contributed by atoms with Crippen LogP contribution < -0.4 is 11.0 Å². The number of hydrogen-bond donors (Lipinski definition) is 1. The monoisotopic (exact) mass is 403 g/mol. The molecule has 5 nitrogen and oxygen atoms in total. The van der Waals surface area contributed by atoms with Crippen molar-refractivity contribution in [3.63, 3.8) is 0 Å². The lowest BCUT2D eigenvalue weighted by Gasteiger charge is -2.24. The molecule has 30 heavy (non-hydrogen) atoms. The Kier molecular flexibility index (Phi) is 6.26. The molecule has 0 bridgehead atoms. The third-order valence-electron chi connectivity index (χ3n) is 6.02. The van der Waals surface area contributed by atoms with Gasteiger partial charge in [0.1, 0.15) is 5.82 Å². The average Bonchev–Trinajstić information content (AvgIpc) is 2.80. The zero-order valence-corrected chi connectivity index (χ0v) is 17.6. The van der Waals surface area contributed by atoms with Crippen molar-refractivity contribution >= 4 is 16.8 Å². The summed E-state index contributed by atoms with van der Waals surface area (Å²) >= 11 is 0. The van der Waals surface area contributed by atoms with E-state index in [1.165, 1.54) is 16.7 Å². The summed E-state index contributed by atoms with van der Waals surface area (Å²) in [6.07, 6.45) is 8.74. The number of aryl methyl sites for hydroxylation is 1. The molecule has 2 aromatic carbocycles. The minimum absolute atomic E-state index is 0.188. The quantitative estimate of drug-likeness (QED) is 0.617. The van der Waals surface area contributed by atoms with E-state index >= 15 is 0 Å². The molecule has 1 aliphatic carbocycles. The van der Waals surface area contributed by atoms with Gasteiger partial charge in [-0.2, -0.15) is 0 Å². The molecule has 5 heteroatoms. The second kappa shape index (κ2) is 9.24. The van der Waals surface area contributed by atoms with Crippen molar-refractivity contribution in [2.45, 2.75) is 64.2 Å². The van der Waals surface area contributed by atoms with Crippen LogP contribution >= 0.6 is 0 Å². The molecule has 1 fully saturated rings. The van der Waals surface area contributed by atoms with E-state index in [1.54, 1.807) is 6.07 Å². The molecule has 1 heterocycles. The fourth-order valence-corrected chi connectivity index (χ4v) is 4.26. The van der Waals surface area contributed by atoms with Crippen molar-refractivity contribution in [1.82, 2.24) is 9.66 Å². The van der Waals surface area contributed by atoms with E-state index in [9.17, 15) is 9.59 Å². The standard InChI is InChI=1S/C25H29N3O2/c1-2-3-9-18-14-16-20(17-15-18)24(29)27-28-23(19-10-5-4-6-11-19)26-22-13-8-7-12-21(22)25(28)30/h7-8,12-17,19H,2-6,9-11H2,1H3,(H,27,29). The summed E-state index contributed by atoms with van der Waals surface area (Å²) in [6, 6.07) is 15.0. The summed E-state index contributed by atoms with van der Waals surface area (Å²) in [5.74, 6) is 0.576. The van der Waals surface area contributed by atoms with Crippen LogP contribution in [0.5, 0.6) is 0 Å². The normalized spacial score (nSPS) is 14.7. The summed E-state index contributed by atoms with van der Waals surface area (Å²) in [5, 5.41) is 0.521. The van der Waals surface area contributed by atoms with E-state index in [1.807, 2.05) is 42.5 Å². The van der Waals surface area contributed by atoms with Gasteiger partial charge in [0.05, 0.1) is 10.9 Å². The molecule has 0 aliphatic heterocycles. The summed E-state index contributed by atoms with van der Waals surface area (Å²) < 4.78 is 1.39. The van der Waals surface area contributed by atoms with Gasteiger partial charge in [0, 0.05) is 11.5 Å². The van der Waals surface area contributed by atoms with E-state index in [2.05, 4.69) is 12.3 Å². The summed E-state index contributed by atoms with van der Waals surface area (Å²) in [5.41, 5.74) is 5.09. The van der Waals surface area contributed by atoms with Crippen LogP contribution in [0, 0.1) is 0 Å². The first-order valence-electron chi connectivity index (χ1n) is 11.1. The predicted octanol–water partition coefficient (Wildman–Crippen LogP) is 5.17. The third kappa shape index (κ3) is 4.30. The van der Waals surface area contributed by atoms with Gasteiger partial charge in [-0.1, -0.05) is 56.9 Å². The number of carbonyl (C=O) groups is 1. The van der Waals surface area contributed by atoms with Crippen LogP contribution in [-0.2, 0) is 6.42 Å². The van der Waals surface area contributed by atoms with Gasteiger partial charge in [0.2, 0.25) is 0 Å². The minimum atomic E-state index is -0.284. The van der Waals surface area contributed by atoms with Gasteiger partial charge in [-0.25, -0.2) is 9.66 Å². The molecule has 0 atom stereocenters. The Morgan fingerprint density at radius 1 is 1.07 bits per heavy atom. The summed E-state index contributed by atoms with van der Waals surface area (Å²) in [6.45, 7) is 2.17. The maximum Gasteiger partial charge on any atom is 0.280 e. The number of nitrogens with zero attached hydrogens (tertiary/aromatic N) is 2. The average molecular weight is 404 g/mol. The van der Waals surface area contributed by atoms with E-state index in [0.29, 0.717) is 22.3 Å². The lowest BCUT2D eigenvalue weighted by Crippen LogP contribution is -2.37. The molecule has 3 aromatic rings. The molecular formula is C25H29N3O2. The van der Waals surface area contributed by atoms with Crippen LogP contribution in [0.3, 0.4) is 0 Å². The number of aromatic nitrogens is 2. The first-order chi connectivity index (χ1) is 14.7. The van der Waals surface area contributed by atoms with Gasteiger partial charge < -0.3 is 0 Å². The molecule has 0 saturated heterocycles. The fraction of sp³-hybridized carbons (Fsp3) is 0.400. The molecule has 1 amide bonds. The Morgan fingerprint density at radius 3 is 2.53 bits per heavy atom. The maximum atomic E-state index is 13.2. The highest BCUT2D eigenvalue weighted by Crippen LogP contribution is 2.31. The Bertz CT molecular complexity index is 1080. The smallest absolute Gasteiger partial charge is 0.267 e. The highest BCUT2D eigenvalue weighted by Gasteiger charge is 2.23. The number of unbranched alkanes of at least 4 members (excludes halogenated alkanes) is 1. The molecule has 0 radical (unpaired) electrons. The fourth-order valence-electron chi connectivity index (χ4n) is 4.26. The summed E-state index contributed by atoms with van der Waals surface area (Å²) in [7, 11) is 0. The first-order valence-corrected chi connectivity index (χ1v) is 11.1. The lowest BCUT2D eigenvalue weighted by molar-refractivity contribution is 0.101. The van der Waals surface area contributed by atoms with E-state index < -0.39 is 0 Å². The number of para-hydroxylation sites is 1. The number of amides is 1. The minimum Gasteiger partial charge on any atom is -0.267 e. The van der Waals surface area contributed by atoms with Gasteiger partial charge in [0.25, 0.3) is 11.5 Å². The predicted molar refractivity (Wildman–Crippen MR) is 121 cm³/mol. The van der Waals surface area contributed by atoms with E-state index in [0.717, 1.165) is 44.9 Å². The highest BCUT2D eigenvalue weighted by molar-refractivity contribution is 6.00. The van der Waals surface area contributed by atoms with E-state index in [-0.39, 0.29) is 17.4 Å². The second-order valence-corrected chi connectivity index (χ2v) is 8.20. The zero-order valence-electron chi connectivity index (χ0n) is 17.6. The van der Waals surface area contributed by atoms with Gasteiger partial charge in [0.15, 0.2) is 0 Å². The van der Waals surface area contributed by atoms with Crippen molar-refractivity contribution in [2.24, 2.45) is 0 Å². The molecule has 1 N–H and O–H groups in total. The van der Waals surface area contributed by atoms with Crippen molar-refractivity contribution in [2.75, 3.05) is 5.43 Å². The molecule has 0 spiro atoms. The van der Waals surface area contributed by atoms with Crippen LogP contribution in [0.1, 0.15) is 79.5 Å². The van der Waals surface area contributed by atoms with Crippen molar-refractivity contribution < 1.29 is 4.79 Å². The molecular weight excluding hydrogens is 374 g/mol. The van der Waals surface area contributed by atoms with Crippen molar-refractivity contribution in [3.8, 4) is 0 Å². The van der Waals surface area contributed by atoms with Gasteiger partial charge in [-0.3, -0.25) is 15.0 Å². The van der Waals surface area contributed by atoms with Gasteiger partial charge >= 0.3 is 0 Å². The van der Waals surface area contributed by atoms with Crippen LogP contribution in [0.15, 0.2) is 53.3 Å². The van der Waals surface area contributed by atoms with Crippen LogP contribution in [-0.4, -0.2) is 15.6 Å². The van der Waals surface area contributed by atoms with Crippen LogP contribution in [0.25, 0.3) is 10.9 Å². The lowest BCUT2D eigenvalue weighted by atomic mass is 9.88. The number of hydrogen-bond acceptors (Lipinski definition) is 3. The molecule has 4 rings (SSSR count). The maximum absolute atomic E-state index is 13.2. The highest BCUT2D eigenvalue weighted by atomic mass is 16.2. The number of fused-ring (bicyclic) bond motifs is 1. The SMILES string of the molecule is CCCCc1ccc(C(=O)Nn2c(C3CCCCC3)nc3ccccc3c2=O)cc1. The largest absolute Gasteiger partial charge is 0.280 e. The Morgan fingerprint density at radius 2 is 1.80 bits per heavy atom.